The zero-order valence-corrected chi connectivity index (χ0v) is 15.5. The van der Waals surface area contributed by atoms with E-state index in [9.17, 15) is 18.8 Å². The average molecular weight is 384 g/mol. The molecule has 0 aliphatic carbocycles. The van der Waals surface area contributed by atoms with Crippen LogP contribution in [0.15, 0.2) is 42.5 Å². The summed E-state index contributed by atoms with van der Waals surface area (Å²) in [6.07, 6.45) is 0.109. The topological polar surface area (TPSA) is 77.9 Å². The van der Waals surface area contributed by atoms with Gasteiger partial charge >= 0.3 is 5.97 Å². The molecule has 0 unspecified atom stereocenters. The Kier molecular flexibility index (Phi) is 5.73. The fourth-order valence-corrected chi connectivity index (χ4v) is 3.17. The number of nitrogens with zero attached hydrogens (tertiary/aromatic N) is 2. The minimum atomic E-state index is -1.03. The summed E-state index contributed by atoms with van der Waals surface area (Å²) < 4.78 is 13.7. The molecular weight excluding hydrogens is 363 g/mol. The molecule has 2 amide bonds. The van der Waals surface area contributed by atoms with Crippen LogP contribution in [0.5, 0.6) is 0 Å². The first kappa shape index (κ1) is 19.5. The van der Waals surface area contributed by atoms with E-state index in [4.69, 9.17) is 5.11 Å². The molecule has 7 heteroatoms. The number of amides is 2. The molecule has 3 rings (SSSR count). The predicted molar refractivity (Wildman–Crippen MR) is 101 cm³/mol. The van der Waals surface area contributed by atoms with Gasteiger partial charge in [0.2, 0.25) is 5.91 Å². The monoisotopic (exact) mass is 384 g/mol. The first-order chi connectivity index (χ1) is 13.3. The molecule has 0 atom stereocenters. The number of halogens is 1. The van der Waals surface area contributed by atoms with Crippen molar-refractivity contribution in [2.45, 2.75) is 13.3 Å². The van der Waals surface area contributed by atoms with Crippen LogP contribution in [0.4, 0.5) is 4.39 Å². The summed E-state index contributed by atoms with van der Waals surface area (Å²) in [5.74, 6) is -1.81. The van der Waals surface area contributed by atoms with Crippen LogP contribution < -0.4 is 0 Å². The minimum absolute atomic E-state index is 0.109. The standard InChI is InChI=1S/C21H21FN2O4/c1-14-5-6-16(13-18(14)22)20(26)24-9-7-23(8-10-24)19(25)12-15-3-2-4-17(11-15)21(27)28/h2-6,11,13H,7-10,12H2,1H3,(H,27,28). The van der Waals surface area contributed by atoms with E-state index < -0.39 is 11.8 Å². The van der Waals surface area contributed by atoms with Gasteiger partial charge in [0.1, 0.15) is 5.82 Å². The molecule has 0 saturated carbocycles. The highest BCUT2D eigenvalue weighted by Gasteiger charge is 2.25. The maximum atomic E-state index is 13.7. The summed E-state index contributed by atoms with van der Waals surface area (Å²) in [5, 5.41) is 9.04. The summed E-state index contributed by atoms with van der Waals surface area (Å²) in [6, 6.07) is 10.7. The van der Waals surface area contributed by atoms with E-state index in [2.05, 4.69) is 0 Å². The van der Waals surface area contributed by atoms with Gasteiger partial charge < -0.3 is 14.9 Å². The van der Waals surface area contributed by atoms with Crippen LogP contribution in [-0.4, -0.2) is 58.9 Å². The Morgan fingerprint density at radius 1 is 0.964 bits per heavy atom. The third kappa shape index (κ3) is 4.36. The van der Waals surface area contributed by atoms with Gasteiger partial charge in [-0.15, -0.1) is 0 Å². The van der Waals surface area contributed by atoms with E-state index >= 15 is 0 Å². The van der Waals surface area contributed by atoms with Crippen LogP contribution in [0, 0.1) is 12.7 Å². The van der Waals surface area contributed by atoms with Crippen LogP contribution in [0.3, 0.4) is 0 Å². The fraction of sp³-hybridized carbons (Fsp3) is 0.286. The van der Waals surface area contributed by atoms with E-state index in [-0.39, 0.29) is 23.8 Å². The second-order valence-corrected chi connectivity index (χ2v) is 6.82. The third-order valence-corrected chi connectivity index (χ3v) is 4.87. The molecule has 2 aromatic rings. The van der Waals surface area contributed by atoms with E-state index in [1.807, 2.05) is 0 Å². The number of piperazine rings is 1. The van der Waals surface area contributed by atoms with Gasteiger partial charge in [-0.3, -0.25) is 9.59 Å². The second-order valence-electron chi connectivity index (χ2n) is 6.82. The van der Waals surface area contributed by atoms with Crippen LogP contribution in [0.2, 0.25) is 0 Å². The Morgan fingerprint density at radius 3 is 2.29 bits per heavy atom. The number of carbonyl (C=O) groups is 3. The molecule has 1 fully saturated rings. The zero-order valence-electron chi connectivity index (χ0n) is 15.5. The molecule has 1 aliphatic heterocycles. The van der Waals surface area contributed by atoms with Crippen molar-refractivity contribution >= 4 is 17.8 Å². The van der Waals surface area contributed by atoms with E-state index in [1.54, 1.807) is 41.0 Å². The number of hydrogen-bond donors (Lipinski definition) is 1. The van der Waals surface area contributed by atoms with Gasteiger partial charge in [0.15, 0.2) is 0 Å². The van der Waals surface area contributed by atoms with E-state index in [1.165, 1.54) is 18.2 Å². The highest BCUT2D eigenvalue weighted by Crippen LogP contribution is 2.14. The lowest BCUT2D eigenvalue weighted by Gasteiger charge is -2.35. The van der Waals surface area contributed by atoms with Gasteiger partial charge in [0.05, 0.1) is 12.0 Å². The minimum Gasteiger partial charge on any atom is -0.478 e. The largest absolute Gasteiger partial charge is 0.478 e. The van der Waals surface area contributed by atoms with Crippen molar-refractivity contribution in [1.82, 2.24) is 9.80 Å². The van der Waals surface area contributed by atoms with Crippen molar-refractivity contribution < 1.29 is 23.9 Å². The summed E-state index contributed by atoms with van der Waals surface area (Å²) in [6.45, 7) is 3.15. The van der Waals surface area contributed by atoms with E-state index in [0.717, 1.165) is 0 Å². The summed E-state index contributed by atoms with van der Waals surface area (Å²) in [4.78, 5) is 39.3. The average Bonchev–Trinajstić information content (AvgIpc) is 2.70. The summed E-state index contributed by atoms with van der Waals surface area (Å²) >= 11 is 0. The van der Waals surface area contributed by atoms with Crippen molar-refractivity contribution in [2.24, 2.45) is 0 Å². The normalized spacial score (nSPS) is 14.1. The quantitative estimate of drug-likeness (QED) is 0.878. The highest BCUT2D eigenvalue weighted by molar-refractivity contribution is 5.94. The highest BCUT2D eigenvalue weighted by atomic mass is 19.1. The number of hydrogen-bond acceptors (Lipinski definition) is 3. The smallest absolute Gasteiger partial charge is 0.335 e. The molecule has 0 spiro atoms. The fourth-order valence-electron chi connectivity index (χ4n) is 3.17. The van der Waals surface area contributed by atoms with Crippen LogP contribution in [-0.2, 0) is 11.2 Å². The van der Waals surface area contributed by atoms with Crippen molar-refractivity contribution in [3.8, 4) is 0 Å². The van der Waals surface area contributed by atoms with Gasteiger partial charge in [-0.25, -0.2) is 9.18 Å². The number of carbonyl (C=O) groups excluding carboxylic acids is 2. The maximum absolute atomic E-state index is 13.7. The molecule has 1 heterocycles. The van der Waals surface area contributed by atoms with Gasteiger partial charge in [-0.1, -0.05) is 18.2 Å². The van der Waals surface area contributed by atoms with Crippen molar-refractivity contribution in [1.29, 1.82) is 0 Å². The van der Waals surface area contributed by atoms with Gasteiger partial charge in [0.25, 0.3) is 5.91 Å². The number of carboxylic acid groups (broad SMARTS) is 1. The van der Waals surface area contributed by atoms with Crippen LogP contribution >= 0.6 is 0 Å². The van der Waals surface area contributed by atoms with E-state index in [0.29, 0.717) is 42.9 Å². The van der Waals surface area contributed by atoms with Crippen LogP contribution in [0.25, 0.3) is 0 Å². The second kappa shape index (κ2) is 8.21. The Balaban J connectivity index is 1.58. The van der Waals surface area contributed by atoms with Crippen LogP contribution in [0.1, 0.15) is 31.8 Å². The number of carboxylic acids is 1. The number of rotatable bonds is 4. The Bertz CT molecular complexity index is 920. The lowest BCUT2D eigenvalue weighted by atomic mass is 10.1. The maximum Gasteiger partial charge on any atom is 0.335 e. The molecule has 1 saturated heterocycles. The first-order valence-electron chi connectivity index (χ1n) is 9.00. The van der Waals surface area contributed by atoms with Crippen molar-refractivity contribution in [2.75, 3.05) is 26.2 Å². The number of aryl methyl sites for hydroxylation is 1. The SMILES string of the molecule is Cc1ccc(C(=O)N2CCN(C(=O)Cc3cccc(C(=O)O)c3)CC2)cc1F. The molecule has 0 bridgehead atoms. The Morgan fingerprint density at radius 2 is 1.64 bits per heavy atom. The molecule has 28 heavy (non-hydrogen) atoms. The predicted octanol–water partition coefficient (Wildman–Crippen LogP) is 2.36. The molecular formula is C21H21FN2O4. The Hall–Kier alpha value is -3.22. The summed E-state index contributed by atoms with van der Waals surface area (Å²) in [7, 11) is 0. The van der Waals surface area contributed by atoms with Gasteiger partial charge in [0, 0.05) is 31.7 Å². The molecule has 2 aromatic carbocycles. The number of aromatic carboxylic acids is 1. The third-order valence-electron chi connectivity index (χ3n) is 4.87. The molecule has 1 aliphatic rings. The molecule has 146 valence electrons. The summed E-state index contributed by atoms with van der Waals surface area (Å²) in [5.41, 5.74) is 1.57. The lowest BCUT2D eigenvalue weighted by molar-refractivity contribution is -0.131. The molecule has 1 N–H and O–H groups in total. The molecule has 6 nitrogen and oxygen atoms in total. The zero-order chi connectivity index (χ0) is 20.3. The van der Waals surface area contributed by atoms with Gasteiger partial charge in [-0.05, 0) is 42.3 Å². The lowest BCUT2D eigenvalue weighted by Crippen LogP contribution is -2.51. The molecule has 0 radical (unpaired) electrons. The first-order valence-corrected chi connectivity index (χ1v) is 9.00. The number of benzene rings is 2. The molecule has 0 aromatic heterocycles. The Labute approximate surface area is 162 Å². The van der Waals surface area contributed by atoms with Crippen molar-refractivity contribution in [3.63, 3.8) is 0 Å². The van der Waals surface area contributed by atoms with Crippen molar-refractivity contribution in [3.05, 3.63) is 70.5 Å². The van der Waals surface area contributed by atoms with Gasteiger partial charge in [-0.2, -0.15) is 0 Å².